The SMILES string of the molecule is O=C(NC1(c2nc(-c3cccs3)no2)CCCCC1)[C@H]1COc2ccccc21. The zero-order chi connectivity index (χ0) is 19.0. The molecule has 3 aromatic rings. The minimum atomic E-state index is -0.602. The number of aromatic nitrogens is 2. The average Bonchev–Trinajstić information content (AvgIpc) is 3.48. The standard InChI is InChI=1S/C21H21N3O3S/c25-19(15-13-26-16-8-3-2-7-14(15)16)23-21(10-4-1-5-11-21)20-22-18(24-27-20)17-9-6-12-28-17/h2-3,6-9,12,15H,1,4-5,10-11,13H2,(H,23,25)/t15-/m0/s1. The molecule has 3 heterocycles. The fraction of sp³-hybridized carbons (Fsp3) is 0.381. The van der Waals surface area contributed by atoms with Gasteiger partial charge >= 0.3 is 0 Å². The van der Waals surface area contributed by atoms with Gasteiger partial charge in [-0.1, -0.05) is 48.7 Å². The molecule has 1 aliphatic heterocycles. The lowest BCUT2D eigenvalue weighted by molar-refractivity contribution is -0.125. The number of para-hydroxylation sites is 1. The van der Waals surface area contributed by atoms with E-state index in [9.17, 15) is 4.79 Å². The maximum atomic E-state index is 13.2. The fourth-order valence-corrected chi connectivity index (χ4v) is 4.82. The Bertz CT molecular complexity index is 976. The van der Waals surface area contributed by atoms with Crippen LogP contribution in [-0.2, 0) is 10.3 Å². The summed E-state index contributed by atoms with van der Waals surface area (Å²) in [7, 11) is 0. The van der Waals surface area contributed by atoms with Gasteiger partial charge in [-0.2, -0.15) is 4.98 Å². The maximum absolute atomic E-state index is 13.2. The third-order valence-electron chi connectivity index (χ3n) is 5.66. The molecule has 1 N–H and O–H groups in total. The number of nitrogens with one attached hydrogen (secondary N) is 1. The number of carbonyl (C=O) groups excluding carboxylic acids is 1. The first-order valence-electron chi connectivity index (χ1n) is 9.67. The lowest BCUT2D eigenvalue weighted by Gasteiger charge is -2.35. The van der Waals surface area contributed by atoms with Crippen molar-refractivity contribution in [2.75, 3.05) is 6.61 Å². The van der Waals surface area contributed by atoms with Crippen LogP contribution in [-0.4, -0.2) is 22.7 Å². The van der Waals surface area contributed by atoms with Gasteiger partial charge in [0.1, 0.15) is 23.8 Å². The Kier molecular flexibility index (Phi) is 4.39. The fourth-order valence-electron chi connectivity index (χ4n) is 4.17. The third-order valence-corrected chi connectivity index (χ3v) is 6.53. The number of nitrogens with zero attached hydrogens (tertiary/aromatic N) is 2. The number of thiophene rings is 1. The minimum absolute atomic E-state index is 0.0391. The number of hydrogen-bond acceptors (Lipinski definition) is 6. The molecule has 6 nitrogen and oxygen atoms in total. The van der Waals surface area contributed by atoms with Crippen molar-refractivity contribution in [3.8, 4) is 16.5 Å². The molecule has 0 radical (unpaired) electrons. The minimum Gasteiger partial charge on any atom is -0.492 e. The molecular weight excluding hydrogens is 374 g/mol. The summed E-state index contributed by atoms with van der Waals surface area (Å²) in [4.78, 5) is 18.8. The van der Waals surface area contributed by atoms with E-state index in [1.165, 1.54) is 0 Å². The van der Waals surface area contributed by atoms with Gasteiger partial charge in [0, 0.05) is 5.56 Å². The smallest absolute Gasteiger partial charge is 0.252 e. The maximum Gasteiger partial charge on any atom is 0.252 e. The average molecular weight is 395 g/mol. The second-order valence-corrected chi connectivity index (χ2v) is 8.38. The predicted octanol–water partition coefficient (Wildman–Crippen LogP) is 4.25. The Balaban J connectivity index is 1.43. The summed E-state index contributed by atoms with van der Waals surface area (Å²) in [5.41, 5.74) is 0.339. The molecule has 2 aromatic heterocycles. The summed E-state index contributed by atoms with van der Waals surface area (Å²) < 4.78 is 11.4. The van der Waals surface area contributed by atoms with Crippen molar-refractivity contribution in [3.05, 3.63) is 53.2 Å². The normalized spacial score (nSPS) is 20.4. The lowest BCUT2D eigenvalue weighted by Crippen LogP contribution is -2.49. The zero-order valence-corrected chi connectivity index (χ0v) is 16.2. The van der Waals surface area contributed by atoms with Crippen LogP contribution in [0.5, 0.6) is 5.75 Å². The Morgan fingerprint density at radius 3 is 2.82 bits per heavy atom. The molecule has 0 unspecified atom stereocenters. The van der Waals surface area contributed by atoms with Crippen molar-refractivity contribution in [2.45, 2.75) is 43.6 Å². The van der Waals surface area contributed by atoms with E-state index in [4.69, 9.17) is 9.26 Å². The van der Waals surface area contributed by atoms with Crippen LogP contribution >= 0.6 is 11.3 Å². The van der Waals surface area contributed by atoms with Crippen LogP contribution in [0.3, 0.4) is 0 Å². The summed E-state index contributed by atoms with van der Waals surface area (Å²) in [6, 6.07) is 11.7. The number of ether oxygens (including phenoxy) is 1. The molecule has 1 saturated carbocycles. The number of hydrogen-bond donors (Lipinski definition) is 1. The van der Waals surface area contributed by atoms with Gasteiger partial charge in [-0.3, -0.25) is 4.79 Å². The van der Waals surface area contributed by atoms with Crippen molar-refractivity contribution >= 4 is 17.2 Å². The summed E-state index contributed by atoms with van der Waals surface area (Å²) in [5, 5.41) is 9.43. The van der Waals surface area contributed by atoms with Gasteiger partial charge in [0.25, 0.3) is 5.89 Å². The Labute approximate surface area is 166 Å². The van der Waals surface area contributed by atoms with E-state index in [1.54, 1.807) is 11.3 Å². The van der Waals surface area contributed by atoms with Crippen molar-refractivity contribution < 1.29 is 14.1 Å². The molecule has 1 atom stereocenters. The Morgan fingerprint density at radius 1 is 1.14 bits per heavy atom. The van der Waals surface area contributed by atoms with E-state index in [-0.39, 0.29) is 11.8 Å². The van der Waals surface area contributed by atoms with E-state index in [2.05, 4.69) is 15.5 Å². The highest BCUT2D eigenvalue weighted by Gasteiger charge is 2.43. The summed E-state index contributed by atoms with van der Waals surface area (Å²) in [6.07, 6.45) is 4.81. The summed E-state index contributed by atoms with van der Waals surface area (Å²) in [6.45, 7) is 0.367. The van der Waals surface area contributed by atoms with E-state index < -0.39 is 5.54 Å². The Morgan fingerprint density at radius 2 is 2.00 bits per heavy atom. The van der Waals surface area contributed by atoms with E-state index in [1.807, 2.05) is 41.8 Å². The van der Waals surface area contributed by atoms with Crippen molar-refractivity contribution in [1.82, 2.24) is 15.5 Å². The monoisotopic (exact) mass is 395 g/mol. The first kappa shape index (κ1) is 17.4. The molecule has 0 bridgehead atoms. The number of benzene rings is 1. The van der Waals surface area contributed by atoms with Gasteiger partial charge in [-0.15, -0.1) is 11.3 Å². The van der Waals surface area contributed by atoms with E-state index in [0.717, 1.165) is 48.3 Å². The van der Waals surface area contributed by atoms with Crippen LogP contribution in [0.4, 0.5) is 0 Å². The van der Waals surface area contributed by atoms with Crippen molar-refractivity contribution in [2.24, 2.45) is 0 Å². The van der Waals surface area contributed by atoms with Crippen molar-refractivity contribution in [1.29, 1.82) is 0 Å². The molecule has 2 aliphatic rings. The third kappa shape index (κ3) is 2.99. The van der Waals surface area contributed by atoms with Gasteiger partial charge in [-0.25, -0.2) is 0 Å². The summed E-state index contributed by atoms with van der Waals surface area (Å²) >= 11 is 1.57. The van der Waals surface area contributed by atoms with Crippen LogP contribution < -0.4 is 10.1 Å². The Hall–Kier alpha value is -2.67. The second kappa shape index (κ2) is 7.05. The van der Waals surface area contributed by atoms with Crippen molar-refractivity contribution in [3.63, 3.8) is 0 Å². The topological polar surface area (TPSA) is 77.3 Å². The predicted molar refractivity (Wildman–Crippen MR) is 105 cm³/mol. The number of amides is 1. The molecular formula is C21H21N3O3S. The second-order valence-electron chi connectivity index (χ2n) is 7.43. The van der Waals surface area contributed by atoms with Gasteiger partial charge in [0.2, 0.25) is 11.7 Å². The van der Waals surface area contributed by atoms with Gasteiger partial charge in [-0.05, 0) is 30.4 Å². The number of fused-ring (bicyclic) bond motifs is 1. The quantitative estimate of drug-likeness (QED) is 0.715. The van der Waals surface area contributed by atoms with Crippen LogP contribution in [0, 0.1) is 0 Å². The molecule has 1 aromatic carbocycles. The number of carbonyl (C=O) groups is 1. The molecule has 5 rings (SSSR count). The van der Waals surface area contributed by atoms with Crippen LogP contribution in [0.25, 0.3) is 10.7 Å². The highest BCUT2D eigenvalue weighted by Crippen LogP contribution is 2.39. The molecule has 0 saturated heterocycles. The van der Waals surface area contributed by atoms with Crippen LogP contribution in [0.2, 0.25) is 0 Å². The van der Waals surface area contributed by atoms with E-state index >= 15 is 0 Å². The first-order chi connectivity index (χ1) is 13.8. The van der Waals surface area contributed by atoms with Crippen LogP contribution in [0.15, 0.2) is 46.3 Å². The zero-order valence-electron chi connectivity index (χ0n) is 15.4. The highest BCUT2D eigenvalue weighted by atomic mass is 32.1. The van der Waals surface area contributed by atoms with Gasteiger partial charge < -0.3 is 14.6 Å². The molecule has 1 aliphatic carbocycles. The van der Waals surface area contributed by atoms with Gasteiger partial charge in [0.05, 0.1) is 4.88 Å². The van der Waals surface area contributed by atoms with Gasteiger partial charge in [0.15, 0.2) is 0 Å². The largest absolute Gasteiger partial charge is 0.492 e. The lowest BCUT2D eigenvalue weighted by atomic mass is 9.81. The molecule has 0 spiro atoms. The number of rotatable bonds is 4. The van der Waals surface area contributed by atoms with Crippen LogP contribution in [0.1, 0.15) is 49.5 Å². The summed E-state index contributed by atoms with van der Waals surface area (Å²) in [5.74, 6) is 1.53. The highest BCUT2D eigenvalue weighted by molar-refractivity contribution is 7.13. The van der Waals surface area contributed by atoms with E-state index in [0.29, 0.717) is 18.3 Å². The molecule has 1 amide bonds. The molecule has 1 fully saturated rings. The molecule has 7 heteroatoms. The molecule has 144 valence electrons. The molecule has 28 heavy (non-hydrogen) atoms. The first-order valence-corrected chi connectivity index (χ1v) is 10.5.